The van der Waals surface area contributed by atoms with Crippen molar-refractivity contribution in [1.29, 1.82) is 0 Å². The molecule has 0 aromatic carbocycles. The number of likely N-dealkylation sites (tertiary alicyclic amines) is 2. The van der Waals surface area contributed by atoms with E-state index in [1.54, 1.807) is 0 Å². The quantitative estimate of drug-likeness (QED) is 0.721. The fraction of sp³-hybridized carbons (Fsp3) is 0.909. The van der Waals surface area contributed by atoms with Crippen LogP contribution in [0.15, 0.2) is 0 Å². The molecule has 0 aromatic rings. The molecule has 2 aliphatic heterocycles. The Morgan fingerprint density at radius 2 is 2.00 bits per heavy atom. The minimum atomic E-state index is 0.347. The van der Waals surface area contributed by atoms with Crippen LogP contribution in [0.1, 0.15) is 32.6 Å². The van der Waals surface area contributed by atoms with E-state index in [9.17, 15) is 4.79 Å². The van der Waals surface area contributed by atoms with Gasteiger partial charge in [-0.3, -0.25) is 9.69 Å². The minimum Gasteiger partial charge on any atom is -0.340 e. The molecular weight excluding hydrogens is 208 g/mol. The molecule has 2 aliphatic rings. The highest BCUT2D eigenvalue weighted by molar-refractivity contribution is 7.80. The summed E-state index contributed by atoms with van der Waals surface area (Å²) in [7, 11) is 0. The summed E-state index contributed by atoms with van der Waals surface area (Å²) in [4.78, 5) is 16.1. The third kappa shape index (κ3) is 2.48. The highest BCUT2D eigenvalue weighted by Crippen LogP contribution is 2.23. The maximum absolute atomic E-state index is 11.6. The Bertz CT molecular complexity index is 237. The monoisotopic (exact) mass is 228 g/mol. The van der Waals surface area contributed by atoms with Crippen molar-refractivity contribution in [2.45, 2.75) is 44.0 Å². The van der Waals surface area contributed by atoms with Crippen molar-refractivity contribution >= 4 is 18.5 Å². The third-order valence-corrected chi connectivity index (χ3v) is 3.90. The number of carbonyl (C=O) groups excluding carboxylic acids is 1. The van der Waals surface area contributed by atoms with E-state index in [-0.39, 0.29) is 0 Å². The standard InChI is InChI=1S/C11H20N2OS/c1-9(15)12-7-4-10(5-8-12)13-6-2-3-11(13)14/h9-10,15H,2-8H2,1H3. The smallest absolute Gasteiger partial charge is 0.222 e. The van der Waals surface area contributed by atoms with Gasteiger partial charge >= 0.3 is 0 Å². The molecule has 15 heavy (non-hydrogen) atoms. The Morgan fingerprint density at radius 1 is 1.33 bits per heavy atom. The lowest BCUT2D eigenvalue weighted by Crippen LogP contribution is -2.46. The van der Waals surface area contributed by atoms with E-state index in [1.807, 2.05) is 0 Å². The first-order valence-electron chi connectivity index (χ1n) is 5.90. The van der Waals surface area contributed by atoms with Gasteiger partial charge < -0.3 is 4.90 Å². The van der Waals surface area contributed by atoms with Crippen LogP contribution in [0.2, 0.25) is 0 Å². The number of hydrogen-bond acceptors (Lipinski definition) is 3. The van der Waals surface area contributed by atoms with Crippen molar-refractivity contribution < 1.29 is 4.79 Å². The maximum atomic E-state index is 11.6. The average molecular weight is 228 g/mol. The van der Waals surface area contributed by atoms with Gasteiger partial charge in [0.25, 0.3) is 0 Å². The van der Waals surface area contributed by atoms with Crippen LogP contribution < -0.4 is 0 Å². The first-order chi connectivity index (χ1) is 7.18. The van der Waals surface area contributed by atoms with Gasteiger partial charge in [-0.15, -0.1) is 0 Å². The molecule has 4 heteroatoms. The van der Waals surface area contributed by atoms with Crippen molar-refractivity contribution in [1.82, 2.24) is 9.80 Å². The average Bonchev–Trinajstić information content (AvgIpc) is 2.65. The molecule has 0 bridgehead atoms. The van der Waals surface area contributed by atoms with Gasteiger partial charge in [0.05, 0.1) is 0 Å². The van der Waals surface area contributed by atoms with E-state index in [0.29, 0.717) is 17.3 Å². The molecule has 1 amide bonds. The first-order valence-corrected chi connectivity index (χ1v) is 6.41. The van der Waals surface area contributed by atoms with Crippen LogP contribution in [-0.2, 0) is 4.79 Å². The molecule has 2 fully saturated rings. The molecule has 0 N–H and O–H groups in total. The fourth-order valence-corrected chi connectivity index (χ4v) is 2.86. The minimum absolute atomic E-state index is 0.347. The normalized spacial score (nSPS) is 27.3. The van der Waals surface area contributed by atoms with Crippen LogP contribution in [0, 0.1) is 0 Å². The van der Waals surface area contributed by atoms with Gasteiger partial charge in [-0.1, -0.05) is 0 Å². The third-order valence-electron chi connectivity index (χ3n) is 3.58. The van der Waals surface area contributed by atoms with Gasteiger partial charge in [0.2, 0.25) is 5.91 Å². The second-order valence-corrected chi connectivity index (χ2v) is 5.34. The van der Waals surface area contributed by atoms with Crippen molar-refractivity contribution in [2.24, 2.45) is 0 Å². The van der Waals surface area contributed by atoms with Gasteiger partial charge in [-0.25, -0.2) is 0 Å². The van der Waals surface area contributed by atoms with E-state index < -0.39 is 0 Å². The van der Waals surface area contributed by atoms with E-state index in [1.165, 1.54) is 0 Å². The van der Waals surface area contributed by atoms with Crippen molar-refractivity contribution in [2.75, 3.05) is 19.6 Å². The lowest BCUT2D eigenvalue weighted by atomic mass is 10.0. The largest absolute Gasteiger partial charge is 0.340 e. The van der Waals surface area contributed by atoms with Gasteiger partial charge in [0.1, 0.15) is 0 Å². The molecule has 1 unspecified atom stereocenters. The fourth-order valence-electron chi connectivity index (χ4n) is 2.63. The molecule has 0 spiro atoms. The van der Waals surface area contributed by atoms with Gasteiger partial charge in [-0.05, 0) is 26.2 Å². The summed E-state index contributed by atoms with van der Waals surface area (Å²) in [5.41, 5.74) is 0. The van der Waals surface area contributed by atoms with Gasteiger partial charge in [0.15, 0.2) is 0 Å². The highest BCUT2D eigenvalue weighted by atomic mass is 32.1. The molecule has 0 radical (unpaired) electrons. The number of amides is 1. The lowest BCUT2D eigenvalue weighted by Gasteiger charge is -2.38. The van der Waals surface area contributed by atoms with E-state index in [4.69, 9.17) is 0 Å². The van der Waals surface area contributed by atoms with Crippen LogP contribution in [0.3, 0.4) is 0 Å². The van der Waals surface area contributed by atoms with Crippen LogP contribution in [0.25, 0.3) is 0 Å². The SMILES string of the molecule is CC(S)N1CCC(N2CCCC2=O)CC1. The van der Waals surface area contributed by atoms with Crippen LogP contribution in [0.5, 0.6) is 0 Å². The molecule has 0 aliphatic carbocycles. The number of piperidine rings is 1. The predicted octanol–water partition coefficient (Wildman–Crippen LogP) is 1.35. The first kappa shape index (κ1) is 11.3. The second-order valence-electron chi connectivity index (χ2n) is 4.59. The van der Waals surface area contributed by atoms with E-state index >= 15 is 0 Å². The molecule has 2 saturated heterocycles. The Morgan fingerprint density at radius 3 is 2.47 bits per heavy atom. The molecule has 0 aromatic heterocycles. The summed E-state index contributed by atoms with van der Waals surface area (Å²) in [6.07, 6.45) is 4.07. The molecule has 2 heterocycles. The van der Waals surface area contributed by atoms with Crippen LogP contribution in [-0.4, -0.2) is 46.8 Å². The van der Waals surface area contributed by atoms with Crippen LogP contribution >= 0.6 is 12.6 Å². The van der Waals surface area contributed by atoms with E-state index in [0.717, 1.165) is 45.3 Å². The zero-order valence-corrected chi connectivity index (χ0v) is 10.2. The Labute approximate surface area is 97.2 Å². The summed E-state index contributed by atoms with van der Waals surface area (Å²) in [6, 6.07) is 0.503. The Balaban J connectivity index is 1.85. The zero-order chi connectivity index (χ0) is 10.8. The van der Waals surface area contributed by atoms with E-state index in [2.05, 4.69) is 29.4 Å². The number of carbonyl (C=O) groups is 1. The van der Waals surface area contributed by atoms with Crippen molar-refractivity contribution in [3.63, 3.8) is 0 Å². The highest BCUT2D eigenvalue weighted by Gasteiger charge is 2.31. The summed E-state index contributed by atoms with van der Waals surface area (Å²) < 4.78 is 0. The number of nitrogens with zero attached hydrogens (tertiary/aromatic N) is 2. The van der Waals surface area contributed by atoms with Gasteiger partial charge in [-0.2, -0.15) is 12.6 Å². The molecule has 1 atom stereocenters. The molecule has 2 rings (SSSR count). The lowest BCUT2D eigenvalue weighted by molar-refractivity contribution is -0.130. The maximum Gasteiger partial charge on any atom is 0.222 e. The second kappa shape index (κ2) is 4.74. The molecule has 86 valence electrons. The summed E-state index contributed by atoms with van der Waals surface area (Å²) in [6.45, 7) is 5.27. The summed E-state index contributed by atoms with van der Waals surface area (Å²) >= 11 is 4.44. The van der Waals surface area contributed by atoms with Crippen molar-refractivity contribution in [3.05, 3.63) is 0 Å². The molecule has 3 nitrogen and oxygen atoms in total. The van der Waals surface area contributed by atoms with Crippen molar-refractivity contribution in [3.8, 4) is 0 Å². The Hall–Kier alpha value is -0.220. The summed E-state index contributed by atoms with van der Waals surface area (Å²) in [5, 5.41) is 0.347. The summed E-state index contributed by atoms with van der Waals surface area (Å²) in [5.74, 6) is 0.368. The van der Waals surface area contributed by atoms with Gasteiger partial charge in [0, 0.05) is 37.5 Å². The number of hydrogen-bond donors (Lipinski definition) is 1. The number of thiol groups is 1. The zero-order valence-electron chi connectivity index (χ0n) is 9.35. The van der Waals surface area contributed by atoms with Crippen LogP contribution in [0.4, 0.5) is 0 Å². The molecule has 0 saturated carbocycles. The number of rotatable bonds is 2. The predicted molar refractivity (Wildman–Crippen MR) is 64.0 cm³/mol. The Kier molecular flexibility index (Phi) is 3.57. The molecular formula is C11H20N2OS. The topological polar surface area (TPSA) is 23.6 Å².